The average Bonchev–Trinajstić information content (AvgIpc) is 1.86. The number of pyridine rings is 4. The lowest BCUT2D eigenvalue weighted by Gasteiger charge is -2.30. The van der Waals surface area contributed by atoms with Crippen molar-refractivity contribution in [3.05, 3.63) is 233 Å². The normalized spacial score (nSPS) is 16.2. The molecule has 4 fully saturated rings. The van der Waals surface area contributed by atoms with Gasteiger partial charge in [-0.1, -0.05) is 120 Å². The molecule has 7 heterocycles. The molecule has 0 radical (unpaired) electrons. The number of anilines is 2. The van der Waals surface area contributed by atoms with Crippen molar-refractivity contribution in [2.45, 2.75) is 56.8 Å². The number of aliphatic carboxylic acids is 1. The van der Waals surface area contributed by atoms with Gasteiger partial charge in [0.1, 0.15) is 39.5 Å². The van der Waals surface area contributed by atoms with Crippen LogP contribution >= 0.6 is 106 Å². The smallest absolute Gasteiger partial charge is 0.308 e. The van der Waals surface area contributed by atoms with Crippen molar-refractivity contribution in [3.63, 3.8) is 0 Å². The molecule has 0 spiro atoms. The number of phenols is 1. The number of nitrogens with one attached hydrogen (secondary N) is 1. The molecule has 0 bridgehead atoms. The van der Waals surface area contributed by atoms with Crippen LogP contribution in [-0.4, -0.2) is 110 Å². The van der Waals surface area contributed by atoms with E-state index in [2.05, 4.69) is 82.8 Å². The van der Waals surface area contributed by atoms with Crippen molar-refractivity contribution in [1.82, 2.24) is 30.2 Å². The maximum Gasteiger partial charge on any atom is 0.308 e. The first-order chi connectivity index (χ1) is 45.9. The molecule has 496 valence electrons. The number of hydrogen-bond acceptors (Lipinski definition) is 15. The van der Waals surface area contributed by atoms with E-state index in [0.29, 0.717) is 110 Å². The minimum Gasteiger partial charge on any atom is -0.506 e. The van der Waals surface area contributed by atoms with E-state index in [9.17, 15) is 14.7 Å². The predicted octanol–water partition coefficient (Wildman–Crippen LogP) is 18.2. The molecule has 13 rings (SSSR count). The quantitative estimate of drug-likeness (QED) is 0.0626. The molecule has 0 unspecified atom stereocenters. The van der Waals surface area contributed by atoms with E-state index in [-0.39, 0.29) is 29.6 Å². The van der Waals surface area contributed by atoms with Crippen LogP contribution in [0.3, 0.4) is 0 Å². The first-order valence-corrected chi connectivity index (χ1v) is 34.6. The van der Waals surface area contributed by atoms with E-state index in [1.807, 2.05) is 95.9 Å². The minimum atomic E-state index is -0.901. The maximum atomic E-state index is 13.6. The number of aromatic hydroxyl groups is 1. The van der Waals surface area contributed by atoms with Crippen molar-refractivity contribution in [1.29, 1.82) is 0 Å². The van der Waals surface area contributed by atoms with Crippen LogP contribution in [0.15, 0.2) is 202 Å². The van der Waals surface area contributed by atoms with Crippen LogP contribution in [0, 0.1) is 11.8 Å². The molecular formula is C70H66Br3Cl5N8O9. The summed E-state index contributed by atoms with van der Waals surface area (Å²) >= 11 is 40.3. The molecule has 25 heteroatoms. The van der Waals surface area contributed by atoms with Crippen LogP contribution < -0.4 is 34.1 Å². The van der Waals surface area contributed by atoms with Gasteiger partial charge in [0.25, 0.3) is 0 Å². The van der Waals surface area contributed by atoms with Gasteiger partial charge in [0.05, 0.1) is 49.1 Å². The van der Waals surface area contributed by atoms with E-state index < -0.39 is 18.1 Å². The third-order valence-electron chi connectivity index (χ3n) is 15.1. The maximum absolute atomic E-state index is 13.6. The van der Waals surface area contributed by atoms with Crippen LogP contribution in [0.1, 0.15) is 50.2 Å². The van der Waals surface area contributed by atoms with Gasteiger partial charge in [0.15, 0.2) is 0 Å². The van der Waals surface area contributed by atoms with Gasteiger partial charge in [-0.2, -0.15) is 0 Å². The van der Waals surface area contributed by atoms with Crippen molar-refractivity contribution in [3.8, 4) is 46.4 Å². The number of aliphatic hydroxyl groups excluding tert-OH is 1. The number of hydrogen-bond donors (Lipinski definition) is 4. The molecule has 5 aromatic carbocycles. The van der Waals surface area contributed by atoms with E-state index in [0.717, 1.165) is 70.2 Å². The fraction of sp³-hybridized carbons (Fsp3) is 0.257. The number of carbonyl (C=O) groups is 2. The van der Waals surface area contributed by atoms with Crippen LogP contribution in [0.2, 0.25) is 25.1 Å². The Morgan fingerprint density at radius 2 is 1.01 bits per heavy atom. The fourth-order valence-electron chi connectivity index (χ4n) is 10.0. The lowest BCUT2D eigenvalue weighted by atomic mass is 10.00. The second-order valence-corrected chi connectivity index (χ2v) is 26.8. The zero-order valence-electron chi connectivity index (χ0n) is 50.9. The highest BCUT2D eigenvalue weighted by molar-refractivity contribution is 9.11. The van der Waals surface area contributed by atoms with Gasteiger partial charge in [-0.3, -0.25) is 9.59 Å². The Labute approximate surface area is 601 Å². The molecule has 4 atom stereocenters. The van der Waals surface area contributed by atoms with Gasteiger partial charge in [0.2, 0.25) is 23.5 Å². The van der Waals surface area contributed by atoms with E-state index >= 15 is 0 Å². The number of ether oxygens (including phenoxy) is 4. The zero-order chi connectivity index (χ0) is 67.2. The van der Waals surface area contributed by atoms with Crippen LogP contribution in [-0.2, 0) is 9.59 Å². The lowest BCUT2D eigenvalue weighted by molar-refractivity contribution is -0.141. The number of carboxylic acids is 1. The Morgan fingerprint density at radius 1 is 0.526 bits per heavy atom. The highest BCUT2D eigenvalue weighted by atomic mass is 79.9. The van der Waals surface area contributed by atoms with Crippen molar-refractivity contribution in [2.75, 3.05) is 55.6 Å². The average molecular weight is 1580 g/mol. The number of aliphatic hydroxyl groups is 1. The van der Waals surface area contributed by atoms with Crippen molar-refractivity contribution < 1.29 is 43.9 Å². The predicted molar refractivity (Wildman–Crippen MR) is 384 cm³/mol. The molecule has 1 aliphatic carbocycles. The Bertz CT molecular complexity index is 3940. The van der Waals surface area contributed by atoms with Gasteiger partial charge in [-0.25, -0.2) is 19.9 Å². The second kappa shape index (κ2) is 36.4. The Hall–Kier alpha value is -6.95. The molecule has 3 aliphatic heterocycles. The Kier molecular flexibility index (Phi) is 27.7. The molecule has 1 saturated carbocycles. The monoisotopic (exact) mass is 1570 g/mol. The van der Waals surface area contributed by atoms with E-state index in [1.165, 1.54) is 0 Å². The Balaban J connectivity index is 0.000000165. The SMILES string of the molecule is Brc1ccccn1.Clc1ccc(Br)cc1Oc1ccccn1.O=C(N[C@H](CN1CCCC1)[C@H](O)c1ccc(OC2CC2)c(Cl)c1)[C@@H]1CCN(c2ccc(Cl)c(Oc3ccccn3)c2)C1.O=C(O)[C@@H]1CCN(c2ccc(Cl)c(Oc3ccccn3)c2)C1.Oc1cc(Br)ccc1Cl. The molecule has 3 saturated heterocycles. The number of phenolic OH excluding ortho intramolecular Hbond substituents is 1. The summed E-state index contributed by atoms with van der Waals surface area (Å²) in [7, 11) is 0. The number of amides is 1. The molecule has 95 heavy (non-hydrogen) atoms. The third-order valence-corrected chi connectivity index (χ3v) is 18.1. The second-order valence-electron chi connectivity index (χ2n) is 22.1. The van der Waals surface area contributed by atoms with Gasteiger partial charge in [-0.05, 0) is 176 Å². The molecule has 4 N–H and O–H groups in total. The van der Waals surface area contributed by atoms with E-state index in [1.54, 1.807) is 97.6 Å². The number of benzene rings is 5. The molecule has 4 aromatic heterocycles. The first-order valence-electron chi connectivity index (χ1n) is 30.3. The summed E-state index contributed by atoms with van der Waals surface area (Å²) in [5.74, 6) is 2.46. The summed E-state index contributed by atoms with van der Waals surface area (Å²) in [4.78, 5) is 47.4. The number of likely N-dealkylation sites (tertiary alicyclic amines) is 1. The molecule has 17 nitrogen and oxygen atoms in total. The number of nitrogens with zero attached hydrogens (tertiary/aromatic N) is 7. The topological polar surface area (TPSA) is 205 Å². The fourth-order valence-corrected chi connectivity index (χ4v) is 11.8. The number of halogens is 8. The largest absolute Gasteiger partial charge is 0.506 e. The van der Waals surface area contributed by atoms with Gasteiger partial charge in [0, 0.05) is 108 Å². The summed E-state index contributed by atoms with van der Waals surface area (Å²) in [5, 5.41) is 35.1. The molecule has 1 amide bonds. The number of carboxylic acid groups (broad SMARTS) is 1. The lowest BCUT2D eigenvalue weighted by Crippen LogP contribution is -2.48. The third kappa shape index (κ3) is 22.8. The molecular weight excluding hydrogens is 1510 g/mol. The van der Waals surface area contributed by atoms with Crippen molar-refractivity contribution >= 4 is 129 Å². The van der Waals surface area contributed by atoms with Crippen LogP contribution in [0.25, 0.3) is 0 Å². The van der Waals surface area contributed by atoms with Crippen LogP contribution in [0.5, 0.6) is 46.4 Å². The van der Waals surface area contributed by atoms with E-state index in [4.69, 9.17) is 87.2 Å². The first kappa shape index (κ1) is 72.3. The number of carbonyl (C=O) groups excluding carboxylic acids is 1. The van der Waals surface area contributed by atoms with Gasteiger partial charge in [-0.15, -0.1) is 0 Å². The highest BCUT2D eigenvalue weighted by Gasteiger charge is 2.34. The standard InChI is InChI=1S/C32H36Cl2N4O4.C16H15ClN2O3.C11H7BrClNO.C6H4BrClO.C5H4BrN/c33-25-10-7-23(18-29(25)42-30-5-1-2-13-35-30)38-16-12-22(19-38)32(40)36-27(20-37-14-3-4-15-37)31(39)21-6-11-28(26(34)17-21)41-24-8-9-24;17-13-5-4-12(19-8-6-11(10-19)16(20)21)9-14(13)22-15-3-1-2-7-18-15;12-8-4-5-9(13)10(7-8)15-11-3-1-2-6-14-11;7-4-1-2-5(8)6(9)3-4;6-5-3-1-2-4-7-5/h1-2,5-7,10-11,13,17-18,22,24,27,31,39H,3-4,8-9,12,14-16,19-20H2,(H,36,40);1-5,7,9,11H,6,8,10H2,(H,20,21);1-7H;1-3,9H;1-4H/t22-,27-,31-;11-;;;/m11.../s1. The molecule has 9 aromatic rings. The van der Waals surface area contributed by atoms with Gasteiger partial charge < -0.3 is 54.3 Å². The summed E-state index contributed by atoms with van der Waals surface area (Å²) in [6.07, 6.45) is 11.7. The summed E-state index contributed by atoms with van der Waals surface area (Å²) in [6, 6.07) is 48.4. The van der Waals surface area contributed by atoms with Gasteiger partial charge >= 0.3 is 5.97 Å². The highest BCUT2D eigenvalue weighted by Crippen LogP contribution is 2.39. The summed E-state index contributed by atoms with van der Waals surface area (Å²) in [5.41, 5.74) is 2.50. The molecule has 4 aliphatic rings. The summed E-state index contributed by atoms with van der Waals surface area (Å²) < 4.78 is 25.6. The minimum absolute atomic E-state index is 0.0561. The van der Waals surface area contributed by atoms with Crippen LogP contribution in [0.4, 0.5) is 11.4 Å². The van der Waals surface area contributed by atoms with Crippen molar-refractivity contribution in [2.24, 2.45) is 11.8 Å². The summed E-state index contributed by atoms with van der Waals surface area (Å²) in [6.45, 7) is 4.99. The Morgan fingerprint density at radius 3 is 1.45 bits per heavy atom. The zero-order valence-corrected chi connectivity index (χ0v) is 59.5. The number of aromatic nitrogens is 4. The number of rotatable bonds is 17.